The quantitative estimate of drug-likeness (QED) is 0.150. The molecular weight excluding hydrogens is 664 g/mol. The number of hydrogen-bond acceptors (Lipinski definition) is 16. The summed E-state index contributed by atoms with van der Waals surface area (Å²) in [6.07, 6.45) is -11.9. The van der Waals surface area contributed by atoms with E-state index in [-0.39, 0.29) is 40.5 Å². The van der Waals surface area contributed by atoms with Gasteiger partial charge in [0, 0.05) is 31.4 Å². The van der Waals surface area contributed by atoms with Gasteiger partial charge in [-0.2, -0.15) is 0 Å². The molecule has 6 rings (SSSR count). The minimum Gasteiger partial charge on any atom is -0.508 e. The van der Waals surface area contributed by atoms with Gasteiger partial charge in [0.25, 0.3) is 0 Å². The van der Waals surface area contributed by atoms with Crippen LogP contribution in [-0.4, -0.2) is 126 Å². The summed E-state index contributed by atoms with van der Waals surface area (Å²) in [5.74, 6) is -9.66. The van der Waals surface area contributed by atoms with Crippen LogP contribution in [0.2, 0.25) is 0 Å². The minimum absolute atomic E-state index is 0.00894. The number of rotatable bonds is 6. The molecule has 0 radical (unpaired) electrons. The molecule has 0 aromatic heterocycles. The first kappa shape index (κ1) is 36.1. The lowest BCUT2D eigenvalue weighted by Crippen LogP contribution is -2.66. The van der Waals surface area contributed by atoms with Gasteiger partial charge >= 0.3 is 0 Å². The molecule has 2 aromatic carbocycles. The van der Waals surface area contributed by atoms with E-state index in [0.717, 1.165) is 14.0 Å². The van der Waals surface area contributed by atoms with Gasteiger partial charge < -0.3 is 64.5 Å². The maximum Gasteiger partial charge on any atom is 0.217 e. The highest BCUT2D eigenvalue weighted by Crippen LogP contribution is 2.53. The van der Waals surface area contributed by atoms with Gasteiger partial charge in [-0.15, -0.1) is 0 Å². The molecule has 2 aromatic rings. The van der Waals surface area contributed by atoms with Crippen LogP contribution in [-0.2, 0) is 39.7 Å². The number of carbonyl (C=O) groups is 3. The zero-order valence-corrected chi connectivity index (χ0v) is 27.8. The van der Waals surface area contributed by atoms with E-state index >= 15 is 0 Å². The summed E-state index contributed by atoms with van der Waals surface area (Å²) in [5, 5.41) is 87.0. The van der Waals surface area contributed by atoms with E-state index in [4.69, 9.17) is 23.7 Å². The van der Waals surface area contributed by atoms with E-state index in [9.17, 15) is 55.2 Å². The number of carbonyl (C=O) groups excluding carboxylic acids is 3. The van der Waals surface area contributed by atoms with Gasteiger partial charge in [0.15, 0.2) is 29.7 Å². The van der Waals surface area contributed by atoms with Crippen molar-refractivity contribution in [1.82, 2.24) is 0 Å². The van der Waals surface area contributed by atoms with Crippen LogP contribution < -0.4 is 0 Å². The SMILES string of the molecule is CO[C@@H]1C(=O)C(C(C)=O)=C(O)[C@@]2(O[C@H]3C[C@@H](O[C@H]4C[C@@H](O)[C@@H](O)[C@@H](C)O4)C(O)(O)[C@@H](C)O3)C(=O)c3c(cc4cc(O)c(C)c(O)c4c3O)C[C@@H]12. The minimum atomic E-state index is -2.69. The van der Waals surface area contributed by atoms with E-state index in [0.29, 0.717) is 0 Å². The van der Waals surface area contributed by atoms with E-state index < -0.39 is 119 Å². The van der Waals surface area contributed by atoms with Crippen LogP contribution in [0.1, 0.15) is 55.1 Å². The summed E-state index contributed by atoms with van der Waals surface area (Å²) in [4.78, 5) is 41.3. The smallest absolute Gasteiger partial charge is 0.217 e. The molecule has 16 nitrogen and oxygen atoms in total. The van der Waals surface area contributed by atoms with Gasteiger partial charge in [0.1, 0.15) is 53.0 Å². The number of hydrogen-bond donors (Lipinski definition) is 8. The summed E-state index contributed by atoms with van der Waals surface area (Å²) in [5.41, 5.74) is -3.70. The molecule has 50 heavy (non-hydrogen) atoms. The van der Waals surface area contributed by atoms with Crippen molar-refractivity contribution in [2.24, 2.45) is 5.92 Å². The number of phenols is 3. The highest BCUT2D eigenvalue weighted by molar-refractivity contribution is 6.25. The second-order valence-electron chi connectivity index (χ2n) is 13.4. The van der Waals surface area contributed by atoms with Crippen LogP contribution in [0.3, 0.4) is 0 Å². The molecule has 2 saturated heterocycles. The number of aliphatic hydroxyl groups excluding tert-OH is 3. The number of aromatic hydroxyl groups is 3. The molecule has 2 fully saturated rings. The molecular formula is C34H40O16. The number of benzene rings is 2. The number of phenolic OH excluding ortho intramolecular Hbond substituents is 3. The average Bonchev–Trinajstić information content (AvgIpc) is 3.02. The largest absolute Gasteiger partial charge is 0.508 e. The Bertz CT molecular complexity index is 1790. The molecule has 0 amide bonds. The standard InChI is InChI=1S/C34H40O16/c1-11-18(36)8-16-6-15-7-17-30(46-5)29(41)23(12(2)35)31(42)33(17,32(43)25(15)28(40)24(16)26(11)38)50-22-10-20(34(44,45)14(4)48-22)49-21-9-19(37)27(39)13(3)47-21/h6,8,13-14,17,19-22,27,30,36-40,42,44-45H,7,9-10H2,1-5H3/t13-,14-,17+,19-,20-,21+,22+,27+,30+,33-/m1/s1. The first-order chi connectivity index (χ1) is 23.4. The van der Waals surface area contributed by atoms with Gasteiger partial charge in [0.05, 0.1) is 23.2 Å². The predicted octanol–water partition coefficient (Wildman–Crippen LogP) is 0.432. The lowest BCUT2D eigenvalue weighted by Gasteiger charge is -2.51. The highest BCUT2D eigenvalue weighted by Gasteiger charge is 2.65. The Morgan fingerprint density at radius 3 is 2.28 bits per heavy atom. The molecule has 0 bridgehead atoms. The van der Waals surface area contributed by atoms with E-state index in [1.807, 2.05) is 0 Å². The van der Waals surface area contributed by atoms with Crippen molar-refractivity contribution in [3.63, 3.8) is 0 Å². The van der Waals surface area contributed by atoms with Crippen LogP contribution in [0, 0.1) is 12.8 Å². The van der Waals surface area contributed by atoms with Crippen LogP contribution in [0.4, 0.5) is 0 Å². The van der Waals surface area contributed by atoms with Crippen molar-refractivity contribution in [3.05, 3.63) is 40.2 Å². The molecule has 2 aliphatic heterocycles. The summed E-state index contributed by atoms with van der Waals surface area (Å²) in [6.45, 7) is 5.13. The summed E-state index contributed by atoms with van der Waals surface area (Å²) < 4.78 is 29.1. The topological polar surface area (TPSA) is 259 Å². The normalized spacial score (nSPS) is 35.6. The number of Topliss-reactive ketones (excluding diaryl/α,β-unsaturated/α-hetero) is 3. The van der Waals surface area contributed by atoms with E-state index in [1.165, 1.54) is 32.9 Å². The molecule has 0 unspecified atom stereocenters. The lowest BCUT2D eigenvalue weighted by molar-refractivity contribution is -0.388. The molecule has 0 saturated carbocycles. The Hall–Kier alpha value is -3.71. The van der Waals surface area contributed by atoms with Gasteiger partial charge in [0.2, 0.25) is 11.6 Å². The van der Waals surface area contributed by atoms with E-state index in [2.05, 4.69) is 0 Å². The number of fused-ring (bicyclic) bond motifs is 3. The second kappa shape index (κ2) is 12.5. The molecule has 4 aliphatic rings. The highest BCUT2D eigenvalue weighted by atomic mass is 16.7. The molecule has 16 heteroatoms. The van der Waals surface area contributed by atoms with Gasteiger partial charge in [-0.25, -0.2) is 0 Å². The second-order valence-corrected chi connectivity index (χ2v) is 13.4. The van der Waals surface area contributed by atoms with Crippen molar-refractivity contribution < 1.29 is 78.9 Å². The first-order valence-corrected chi connectivity index (χ1v) is 16.1. The first-order valence-electron chi connectivity index (χ1n) is 16.1. The van der Waals surface area contributed by atoms with Crippen LogP contribution in [0.5, 0.6) is 17.2 Å². The molecule has 8 N–H and O–H groups in total. The third-order valence-corrected chi connectivity index (χ3v) is 10.4. The number of ether oxygens (including phenoxy) is 5. The fraction of sp³-hybridized carbons (Fsp3) is 0.559. The molecule has 2 heterocycles. The van der Waals surface area contributed by atoms with Crippen molar-refractivity contribution in [2.75, 3.05) is 7.11 Å². The summed E-state index contributed by atoms with van der Waals surface area (Å²) >= 11 is 0. The number of methoxy groups -OCH3 is 1. The van der Waals surface area contributed by atoms with Crippen molar-refractivity contribution >= 4 is 28.1 Å². The average molecular weight is 705 g/mol. The zero-order chi connectivity index (χ0) is 36.8. The monoisotopic (exact) mass is 704 g/mol. The molecule has 2 aliphatic carbocycles. The van der Waals surface area contributed by atoms with Gasteiger partial charge in [-0.1, -0.05) is 0 Å². The Labute approximate surface area is 285 Å². The van der Waals surface area contributed by atoms with Crippen molar-refractivity contribution in [1.29, 1.82) is 0 Å². The molecule has 0 spiro atoms. The maximum absolute atomic E-state index is 14.9. The maximum atomic E-state index is 14.9. The Balaban J connectivity index is 1.48. The molecule has 272 valence electrons. The Kier molecular flexibility index (Phi) is 9.03. The number of ketones is 3. The fourth-order valence-electron chi connectivity index (χ4n) is 7.59. The summed E-state index contributed by atoms with van der Waals surface area (Å²) in [6, 6.07) is 2.71. The van der Waals surface area contributed by atoms with Gasteiger partial charge in [-0.05, 0) is 57.2 Å². The third kappa shape index (κ3) is 5.29. The predicted molar refractivity (Wildman–Crippen MR) is 167 cm³/mol. The third-order valence-electron chi connectivity index (χ3n) is 10.4. The number of aliphatic hydroxyl groups is 5. The van der Waals surface area contributed by atoms with Crippen LogP contribution in [0.25, 0.3) is 10.8 Å². The van der Waals surface area contributed by atoms with E-state index in [1.54, 1.807) is 0 Å². The molecule has 10 atom stereocenters. The summed E-state index contributed by atoms with van der Waals surface area (Å²) in [7, 11) is 1.16. The van der Waals surface area contributed by atoms with Gasteiger partial charge in [-0.3, -0.25) is 14.4 Å². The van der Waals surface area contributed by atoms with Crippen molar-refractivity contribution in [2.45, 2.75) is 108 Å². The zero-order valence-electron chi connectivity index (χ0n) is 27.8. The van der Waals surface area contributed by atoms with Crippen LogP contribution in [0.15, 0.2) is 23.5 Å². The van der Waals surface area contributed by atoms with Crippen LogP contribution >= 0.6 is 0 Å². The fourth-order valence-corrected chi connectivity index (χ4v) is 7.59. The Morgan fingerprint density at radius 2 is 1.66 bits per heavy atom. The lowest BCUT2D eigenvalue weighted by atomic mass is 9.62. The van der Waals surface area contributed by atoms with Crippen molar-refractivity contribution in [3.8, 4) is 17.2 Å². The Morgan fingerprint density at radius 1 is 0.980 bits per heavy atom.